The average molecular weight is 481 g/mol. The molecule has 0 spiro atoms. The molecule has 0 bridgehead atoms. The summed E-state index contributed by atoms with van der Waals surface area (Å²) in [6.45, 7) is 1.97. The second kappa shape index (κ2) is 9.69. The van der Waals surface area contributed by atoms with Gasteiger partial charge in [-0.1, -0.05) is 59.1 Å². The minimum Gasteiger partial charge on any atom is -0.497 e. The van der Waals surface area contributed by atoms with E-state index >= 15 is 0 Å². The zero-order chi connectivity index (χ0) is 23.5. The second-order valence-corrected chi connectivity index (χ2v) is 8.58. The first-order valence-corrected chi connectivity index (χ1v) is 11.1. The van der Waals surface area contributed by atoms with Crippen LogP contribution in [0, 0.1) is 6.92 Å². The Kier molecular flexibility index (Phi) is 6.72. The minimum absolute atomic E-state index is 0.246. The van der Waals surface area contributed by atoms with Crippen molar-refractivity contribution in [3.8, 4) is 22.7 Å². The quantitative estimate of drug-likeness (QED) is 0.324. The van der Waals surface area contributed by atoms with Gasteiger partial charge in [-0.2, -0.15) is 5.10 Å². The number of aromatic nitrogens is 2. The molecule has 168 valence electrons. The predicted octanol–water partition coefficient (Wildman–Crippen LogP) is 6.57. The Balaban J connectivity index is 1.78. The van der Waals surface area contributed by atoms with Crippen LogP contribution in [0.1, 0.15) is 22.7 Å². The predicted molar refractivity (Wildman–Crippen MR) is 131 cm³/mol. The first kappa shape index (κ1) is 22.9. The number of halogens is 2. The van der Waals surface area contributed by atoms with Crippen molar-refractivity contribution < 1.29 is 14.6 Å². The lowest BCUT2D eigenvalue weighted by atomic mass is 9.93. The van der Waals surface area contributed by atoms with Gasteiger partial charge in [0.15, 0.2) is 0 Å². The lowest BCUT2D eigenvalue weighted by Gasteiger charge is -2.11. The lowest BCUT2D eigenvalue weighted by molar-refractivity contribution is -0.138. The van der Waals surface area contributed by atoms with E-state index < -0.39 is 11.9 Å². The third kappa shape index (κ3) is 5.05. The van der Waals surface area contributed by atoms with Gasteiger partial charge in [-0.15, -0.1) is 0 Å². The van der Waals surface area contributed by atoms with Gasteiger partial charge in [0.25, 0.3) is 0 Å². The van der Waals surface area contributed by atoms with Crippen LogP contribution in [0.5, 0.6) is 5.75 Å². The number of benzene rings is 3. The molecule has 0 saturated carbocycles. The maximum absolute atomic E-state index is 12.1. The Morgan fingerprint density at radius 1 is 1.00 bits per heavy atom. The van der Waals surface area contributed by atoms with Gasteiger partial charge in [0.1, 0.15) is 5.75 Å². The zero-order valence-corrected chi connectivity index (χ0v) is 19.6. The number of carboxylic acid groups (broad SMARTS) is 1. The molecule has 0 aliphatic rings. The molecule has 4 rings (SSSR count). The van der Waals surface area contributed by atoms with E-state index in [4.69, 9.17) is 33.0 Å². The molecule has 33 heavy (non-hydrogen) atoms. The fourth-order valence-electron chi connectivity index (χ4n) is 3.67. The molecule has 0 fully saturated rings. The summed E-state index contributed by atoms with van der Waals surface area (Å²) in [7, 11) is 1.61. The number of hydrogen-bond acceptors (Lipinski definition) is 3. The largest absolute Gasteiger partial charge is 0.497 e. The van der Waals surface area contributed by atoms with Crippen LogP contribution >= 0.6 is 23.2 Å². The number of rotatable bonds is 7. The normalized spacial score (nSPS) is 11.9. The van der Waals surface area contributed by atoms with Crippen LogP contribution < -0.4 is 4.74 Å². The van der Waals surface area contributed by atoms with Crippen molar-refractivity contribution in [2.75, 3.05) is 7.11 Å². The summed E-state index contributed by atoms with van der Waals surface area (Å²) in [5.74, 6) is -0.882. The van der Waals surface area contributed by atoms with Crippen molar-refractivity contribution in [3.63, 3.8) is 0 Å². The molecule has 1 atom stereocenters. The molecule has 0 saturated heterocycles. The topological polar surface area (TPSA) is 64.4 Å². The van der Waals surface area contributed by atoms with Gasteiger partial charge in [0.05, 0.1) is 40.1 Å². The molecule has 1 heterocycles. The molecule has 0 unspecified atom stereocenters. The Morgan fingerprint density at radius 2 is 1.70 bits per heavy atom. The van der Waals surface area contributed by atoms with Gasteiger partial charge < -0.3 is 9.84 Å². The van der Waals surface area contributed by atoms with Crippen molar-refractivity contribution in [2.24, 2.45) is 0 Å². The summed E-state index contributed by atoms with van der Waals surface area (Å²) in [4.78, 5) is 12.1. The second-order valence-electron chi connectivity index (χ2n) is 7.77. The average Bonchev–Trinajstić information content (AvgIpc) is 3.24. The molecule has 0 amide bonds. The van der Waals surface area contributed by atoms with Crippen LogP contribution in [0.4, 0.5) is 0 Å². The van der Waals surface area contributed by atoms with Crippen LogP contribution in [0.15, 0.2) is 72.8 Å². The van der Waals surface area contributed by atoms with Gasteiger partial charge in [-0.05, 0) is 55.0 Å². The highest BCUT2D eigenvalue weighted by molar-refractivity contribution is 6.42. The van der Waals surface area contributed by atoms with Crippen molar-refractivity contribution in [3.05, 3.63) is 99.7 Å². The monoisotopic (exact) mass is 480 g/mol. The molecular weight excluding hydrogens is 459 g/mol. The number of aryl methyl sites for hydroxylation is 1. The molecule has 0 aliphatic heterocycles. The highest BCUT2D eigenvalue weighted by Gasteiger charge is 2.23. The van der Waals surface area contributed by atoms with Crippen LogP contribution in [0.25, 0.3) is 16.9 Å². The van der Waals surface area contributed by atoms with E-state index in [1.807, 2.05) is 67.6 Å². The summed E-state index contributed by atoms with van der Waals surface area (Å²) in [5, 5.41) is 15.6. The highest BCUT2D eigenvalue weighted by atomic mass is 35.5. The van der Waals surface area contributed by atoms with Gasteiger partial charge in [-0.25, -0.2) is 4.68 Å². The lowest BCUT2D eigenvalue weighted by Crippen LogP contribution is -2.15. The van der Waals surface area contributed by atoms with E-state index in [0.717, 1.165) is 33.8 Å². The fraction of sp³-hybridized carbons (Fsp3) is 0.154. The summed E-state index contributed by atoms with van der Waals surface area (Å²) in [6.07, 6.45) is 0.246. The van der Waals surface area contributed by atoms with Crippen molar-refractivity contribution in [1.29, 1.82) is 0 Å². The standard InChI is InChI=1S/C26H22Cl2N2O3/c1-16-3-5-17(6-4-16)22(26(31)32)14-19-15-25(18-7-12-23(27)24(28)13-18)30(29-19)20-8-10-21(33-2)11-9-20/h3-13,15,22H,14H2,1-2H3,(H,31,32)/t22-/m0/s1. The first-order chi connectivity index (χ1) is 15.9. The number of carbonyl (C=O) groups is 1. The van der Waals surface area contributed by atoms with Crippen LogP contribution in [-0.2, 0) is 11.2 Å². The summed E-state index contributed by atoms with van der Waals surface area (Å²) in [6, 6.07) is 22.3. The van der Waals surface area contributed by atoms with E-state index in [1.165, 1.54) is 0 Å². The number of nitrogens with zero attached hydrogens (tertiary/aromatic N) is 2. The van der Waals surface area contributed by atoms with Crippen molar-refractivity contribution in [2.45, 2.75) is 19.3 Å². The summed E-state index contributed by atoms with van der Waals surface area (Å²) >= 11 is 12.4. The number of methoxy groups -OCH3 is 1. The first-order valence-electron chi connectivity index (χ1n) is 10.3. The van der Waals surface area contributed by atoms with E-state index in [0.29, 0.717) is 15.7 Å². The molecule has 1 aromatic heterocycles. The zero-order valence-electron chi connectivity index (χ0n) is 18.1. The summed E-state index contributed by atoms with van der Waals surface area (Å²) in [5.41, 5.74) is 4.88. The Morgan fingerprint density at radius 3 is 2.30 bits per heavy atom. The number of carboxylic acids is 1. The van der Waals surface area contributed by atoms with Crippen molar-refractivity contribution in [1.82, 2.24) is 9.78 Å². The van der Waals surface area contributed by atoms with Gasteiger partial charge in [0, 0.05) is 12.0 Å². The minimum atomic E-state index is -0.895. The molecule has 0 radical (unpaired) electrons. The Labute approximate surface area is 202 Å². The molecule has 3 aromatic carbocycles. The molecular formula is C26H22Cl2N2O3. The highest BCUT2D eigenvalue weighted by Crippen LogP contribution is 2.32. The molecule has 1 N–H and O–H groups in total. The van der Waals surface area contributed by atoms with E-state index in [-0.39, 0.29) is 6.42 Å². The fourth-order valence-corrected chi connectivity index (χ4v) is 3.96. The smallest absolute Gasteiger partial charge is 0.311 e. The summed E-state index contributed by atoms with van der Waals surface area (Å²) < 4.78 is 7.04. The van der Waals surface area contributed by atoms with E-state index in [9.17, 15) is 9.90 Å². The molecule has 7 heteroatoms. The third-order valence-electron chi connectivity index (χ3n) is 5.48. The van der Waals surface area contributed by atoms with Crippen LogP contribution in [0.2, 0.25) is 10.0 Å². The van der Waals surface area contributed by atoms with Crippen molar-refractivity contribution >= 4 is 29.2 Å². The van der Waals surface area contributed by atoms with E-state index in [2.05, 4.69) is 0 Å². The van der Waals surface area contributed by atoms with Crippen LogP contribution in [0.3, 0.4) is 0 Å². The van der Waals surface area contributed by atoms with Gasteiger partial charge in [0.2, 0.25) is 0 Å². The number of hydrogen-bond donors (Lipinski definition) is 1. The molecule has 0 aliphatic carbocycles. The van der Waals surface area contributed by atoms with E-state index in [1.54, 1.807) is 23.9 Å². The Bertz CT molecular complexity index is 1280. The maximum atomic E-state index is 12.1. The molecule has 5 nitrogen and oxygen atoms in total. The molecule has 4 aromatic rings. The maximum Gasteiger partial charge on any atom is 0.311 e. The Hall–Kier alpha value is -3.28. The number of aliphatic carboxylic acids is 1. The van der Waals surface area contributed by atoms with Gasteiger partial charge >= 0.3 is 5.97 Å². The van der Waals surface area contributed by atoms with Gasteiger partial charge in [-0.3, -0.25) is 4.79 Å². The number of ether oxygens (including phenoxy) is 1. The SMILES string of the molecule is COc1ccc(-n2nc(C[C@H](C(=O)O)c3ccc(C)cc3)cc2-c2ccc(Cl)c(Cl)c2)cc1. The third-order valence-corrected chi connectivity index (χ3v) is 6.22. The van der Waals surface area contributed by atoms with Crippen LogP contribution in [-0.4, -0.2) is 28.0 Å².